The molecule has 0 fully saturated rings. The van der Waals surface area contributed by atoms with Crippen LogP contribution in [-0.4, -0.2) is 27.4 Å². The van der Waals surface area contributed by atoms with E-state index in [-0.39, 0.29) is 0 Å². The third-order valence-electron chi connectivity index (χ3n) is 3.66. The van der Waals surface area contributed by atoms with Crippen LogP contribution in [0.1, 0.15) is 18.1 Å². The van der Waals surface area contributed by atoms with Crippen molar-refractivity contribution in [3.05, 3.63) is 52.0 Å². The smallest absolute Gasteiger partial charge is 0.175 e. The summed E-state index contributed by atoms with van der Waals surface area (Å²) < 4.78 is 17.1. The van der Waals surface area contributed by atoms with Gasteiger partial charge in [0.25, 0.3) is 0 Å². The summed E-state index contributed by atoms with van der Waals surface area (Å²) in [7, 11) is 3.34. The van der Waals surface area contributed by atoms with Crippen LogP contribution in [0, 0.1) is 0 Å². The number of rotatable bonds is 9. The van der Waals surface area contributed by atoms with Gasteiger partial charge in [-0.05, 0) is 71.2 Å². The second kappa shape index (κ2) is 9.55. The summed E-state index contributed by atoms with van der Waals surface area (Å²) in [4.78, 5) is 0. The molecule has 0 aliphatic heterocycles. The Morgan fingerprint density at radius 3 is 2.38 bits per heavy atom. The molecule has 0 heterocycles. The molecule has 0 unspecified atom stereocenters. The van der Waals surface area contributed by atoms with Crippen LogP contribution >= 0.6 is 15.9 Å². The molecule has 0 saturated carbocycles. The number of benzene rings is 2. The van der Waals surface area contributed by atoms with Gasteiger partial charge in [-0.3, -0.25) is 0 Å². The first-order valence-electron chi connectivity index (χ1n) is 8.00. The number of halogens is 1. The number of methoxy groups -OCH3 is 2. The van der Waals surface area contributed by atoms with Gasteiger partial charge in [0, 0.05) is 6.54 Å². The molecule has 2 aromatic carbocycles. The molecule has 2 rings (SSSR count). The maximum Gasteiger partial charge on any atom is 0.175 e. The van der Waals surface area contributed by atoms with Crippen molar-refractivity contribution in [3.63, 3.8) is 0 Å². The van der Waals surface area contributed by atoms with Gasteiger partial charge in [0.2, 0.25) is 0 Å². The van der Waals surface area contributed by atoms with E-state index in [9.17, 15) is 0 Å². The Labute approximate surface area is 152 Å². The van der Waals surface area contributed by atoms with E-state index >= 15 is 0 Å². The van der Waals surface area contributed by atoms with Gasteiger partial charge in [-0.15, -0.1) is 0 Å². The van der Waals surface area contributed by atoms with Crippen molar-refractivity contribution >= 4 is 15.9 Å². The van der Waals surface area contributed by atoms with Crippen molar-refractivity contribution in [2.45, 2.75) is 19.9 Å². The molecule has 0 saturated heterocycles. The standard InChI is InChI=1S/C19H24BrNO3/c1-4-24-19-17(20)11-15(12-18(19)23-3)13-21-10-9-14-5-7-16(22-2)8-6-14/h5-8,11-12,21H,4,9-10,13H2,1-3H3. The molecule has 0 aliphatic carbocycles. The summed E-state index contributed by atoms with van der Waals surface area (Å²) >= 11 is 3.55. The van der Waals surface area contributed by atoms with Crippen molar-refractivity contribution in [1.82, 2.24) is 5.32 Å². The first-order chi connectivity index (χ1) is 11.7. The summed E-state index contributed by atoms with van der Waals surface area (Å²) in [5, 5.41) is 3.46. The maximum atomic E-state index is 5.61. The van der Waals surface area contributed by atoms with Crippen molar-refractivity contribution in [2.75, 3.05) is 27.4 Å². The van der Waals surface area contributed by atoms with Crippen molar-refractivity contribution in [2.24, 2.45) is 0 Å². The van der Waals surface area contributed by atoms with Crippen molar-refractivity contribution < 1.29 is 14.2 Å². The van der Waals surface area contributed by atoms with Gasteiger partial charge in [-0.1, -0.05) is 12.1 Å². The van der Waals surface area contributed by atoms with Gasteiger partial charge >= 0.3 is 0 Å². The van der Waals surface area contributed by atoms with E-state index in [0.29, 0.717) is 6.61 Å². The normalized spacial score (nSPS) is 10.5. The summed E-state index contributed by atoms with van der Waals surface area (Å²) in [5.41, 5.74) is 2.44. The minimum atomic E-state index is 0.606. The Balaban J connectivity index is 1.88. The SMILES string of the molecule is CCOc1c(Br)cc(CNCCc2ccc(OC)cc2)cc1OC. The highest BCUT2D eigenvalue weighted by Gasteiger charge is 2.11. The van der Waals surface area contributed by atoms with Crippen LogP contribution in [-0.2, 0) is 13.0 Å². The largest absolute Gasteiger partial charge is 0.497 e. The molecule has 24 heavy (non-hydrogen) atoms. The molecule has 2 aromatic rings. The fraction of sp³-hybridized carbons (Fsp3) is 0.368. The van der Waals surface area contributed by atoms with Crippen LogP contribution in [0.3, 0.4) is 0 Å². The lowest BCUT2D eigenvalue weighted by atomic mass is 10.1. The van der Waals surface area contributed by atoms with E-state index in [1.165, 1.54) is 5.56 Å². The Morgan fingerprint density at radius 2 is 1.75 bits per heavy atom. The van der Waals surface area contributed by atoms with Crippen LogP contribution < -0.4 is 19.5 Å². The first-order valence-corrected chi connectivity index (χ1v) is 8.80. The Bertz CT molecular complexity index is 644. The molecule has 4 nitrogen and oxygen atoms in total. The number of nitrogens with one attached hydrogen (secondary N) is 1. The molecule has 0 radical (unpaired) electrons. The molecule has 0 bridgehead atoms. The highest BCUT2D eigenvalue weighted by molar-refractivity contribution is 9.10. The van der Waals surface area contributed by atoms with Crippen LogP contribution in [0.5, 0.6) is 17.2 Å². The zero-order valence-electron chi connectivity index (χ0n) is 14.4. The quantitative estimate of drug-likeness (QED) is 0.648. The summed E-state index contributed by atoms with van der Waals surface area (Å²) in [5.74, 6) is 2.39. The lowest BCUT2D eigenvalue weighted by molar-refractivity contribution is 0.308. The first kappa shape index (κ1) is 18.6. The molecule has 5 heteroatoms. The van der Waals surface area contributed by atoms with E-state index < -0.39 is 0 Å². The average Bonchev–Trinajstić information content (AvgIpc) is 2.61. The highest BCUT2D eigenvalue weighted by Crippen LogP contribution is 2.36. The zero-order chi connectivity index (χ0) is 17.4. The minimum Gasteiger partial charge on any atom is -0.497 e. The van der Waals surface area contributed by atoms with Crippen LogP contribution in [0.4, 0.5) is 0 Å². The summed E-state index contributed by atoms with van der Waals surface area (Å²) in [6.07, 6.45) is 0.972. The molecule has 0 spiro atoms. The highest BCUT2D eigenvalue weighted by atomic mass is 79.9. The fourth-order valence-corrected chi connectivity index (χ4v) is 3.02. The number of ether oxygens (including phenoxy) is 3. The molecule has 130 valence electrons. The lowest BCUT2D eigenvalue weighted by Gasteiger charge is -2.14. The second-order valence-electron chi connectivity index (χ2n) is 5.32. The van der Waals surface area contributed by atoms with E-state index in [2.05, 4.69) is 39.4 Å². The van der Waals surface area contributed by atoms with Crippen LogP contribution in [0.2, 0.25) is 0 Å². The second-order valence-corrected chi connectivity index (χ2v) is 6.17. The molecule has 0 aromatic heterocycles. The minimum absolute atomic E-state index is 0.606. The third-order valence-corrected chi connectivity index (χ3v) is 4.25. The van der Waals surface area contributed by atoms with E-state index in [0.717, 1.165) is 46.8 Å². The van der Waals surface area contributed by atoms with Gasteiger partial charge < -0.3 is 19.5 Å². The molecule has 0 aliphatic rings. The van der Waals surface area contributed by atoms with Crippen molar-refractivity contribution in [1.29, 1.82) is 0 Å². The Morgan fingerprint density at radius 1 is 1.00 bits per heavy atom. The molecular formula is C19H24BrNO3. The van der Waals surface area contributed by atoms with E-state index in [4.69, 9.17) is 14.2 Å². The number of hydrogen-bond donors (Lipinski definition) is 1. The lowest BCUT2D eigenvalue weighted by Crippen LogP contribution is -2.16. The van der Waals surface area contributed by atoms with E-state index in [1.54, 1.807) is 14.2 Å². The maximum absolute atomic E-state index is 5.61. The Kier molecular flexibility index (Phi) is 7.40. The van der Waals surface area contributed by atoms with Gasteiger partial charge in [0.05, 0.1) is 25.3 Å². The molecule has 0 amide bonds. The Hall–Kier alpha value is -1.72. The topological polar surface area (TPSA) is 39.7 Å². The predicted octanol–water partition coefficient (Wildman–Crippen LogP) is 4.20. The molecular weight excluding hydrogens is 370 g/mol. The third kappa shape index (κ3) is 5.14. The van der Waals surface area contributed by atoms with Crippen LogP contribution in [0.15, 0.2) is 40.9 Å². The monoisotopic (exact) mass is 393 g/mol. The zero-order valence-corrected chi connectivity index (χ0v) is 16.0. The summed E-state index contributed by atoms with van der Waals surface area (Å²) in [6.45, 7) is 4.24. The number of hydrogen-bond acceptors (Lipinski definition) is 4. The van der Waals surface area contributed by atoms with Gasteiger partial charge in [-0.2, -0.15) is 0 Å². The van der Waals surface area contributed by atoms with E-state index in [1.807, 2.05) is 25.1 Å². The van der Waals surface area contributed by atoms with Gasteiger partial charge in [-0.25, -0.2) is 0 Å². The van der Waals surface area contributed by atoms with Crippen LogP contribution in [0.25, 0.3) is 0 Å². The fourth-order valence-electron chi connectivity index (χ4n) is 2.42. The average molecular weight is 394 g/mol. The molecule has 0 atom stereocenters. The molecule has 1 N–H and O–H groups in total. The summed E-state index contributed by atoms with van der Waals surface area (Å²) in [6, 6.07) is 12.2. The predicted molar refractivity (Wildman–Crippen MR) is 100 cm³/mol. The van der Waals surface area contributed by atoms with Gasteiger partial charge in [0.1, 0.15) is 5.75 Å². The van der Waals surface area contributed by atoms with Crippen molar-refractivity contribution in [3.8, 4) is 17.2 Å². The van der Waals surface area contributed by atoms with Gasteiger partial charge in [0.15, 0.2) is 11.5 Å².